The van der Waals surface area contributed by atoms with Gasteiger partial charge in [0.05, 0.1) is 4.92 Å². The van der Waals surface area contributed by atoms with Gasteiger partial charge in [-0.15, -0.1) is 0 Å². The van der Waals surface area contributed by atoms with Gasteiger partial charge >= 0.3 is 0 Å². The van der Waals surface area contributed by atoms with Crippen molar-refractivity contribution in [2.24, 2.45) is 0 Å². The summed E-state index contributed by atoms with van der Waals surface area (Å²) in [6, 6.07) is 16.1. The van der Waals surface area contributed by atoms with Crippen molar-refractivity contribution in [3.05, 3.63) is 81.9 Å². The summed E-state index contributed by atoms with van der Waals surface area (Å²) >= 11 is 0. The summed E-state index contributed by atoms with van der Waals surface area (Å²) in [5, 5.41) is 10.7. The van der Waals surface area contributed by atoms with Crippen LogP contribution < -0.4 is 0 Å². The third-order valence-electron chi connectivity index (χ3n) is 4.12. The molecule has 0 radical (unpaired) electrons. The minimum Gasteiger partial charge on any atom is -0.332 e. The predicted octanol–water partition coefficient (Wildman–Crippen LogP) is 4.44. The highest BCUT2D eigenvalue weighted by Gasteiger charge is 2.17. The fraction of sp³-hybridized carbons (Fsp3) is 0.250. The average molecular weight is 338 g/mol. The number of amides is 1. The summed E-state index contributed by atoms with van der Waals surface area (Å²) in [6.07, 6.45) is 4.08. The fourth-order valence-electron chi connectivity index (χ4n) is 2.42. The van der Waals surface area contributed by atoms with E-state index in [1.165, 1.54) is 18.2 Å². The van der Waals surface area contributed by atoms with Gasteiger partial charge in [0.1, 0.15) is 0 Å². The number of hydrogen-bond acceptors (Lipinski definition) is 3. The van der Waals surface area contributed by atoms with E-state index in [0.29, 0.717) is 6.54 Å². The van der Waals surface area contributed by atoms with Crippen LogP contribution in [0.2, 0.25) is 0 Å². The molecule has 0 aliphatic heterocycles. The van der Waals surface area contributed by atoms with Gasteiger partial charge in [-0.1, -0.05) is 37.3 Å². The highest BCUT2D eigenvalue weighted by atomic mass is 16.6. The number of carbonyl (C=O) groups excluding carboxylic acids is 1. The van der Waals surface area contributed by atoms with E-state index in [-0.39, 0.29) is 17.6 Å². The molecule has 0 saturated carbocycles. The van der Waals surface area contributed by atoms with E-state index >= 15 is 0 Å². The second kappa shape index (κ2) is 8.78. The summed E-state index contributed by atoms with van der Waals surface area (Å²) in [6.45, 7) is 4.63. The average Bonchev–Trinajstić information content (AvgIpc) is 2.64. The van der Waals surface area contributed by atoms with Crippen molar-refractivity contribution in [3.63, 3.8) is 0 Å². The molecule has 0 fully saturated rings. The predicted molar refractivity (Wildman–Crippen MR) is 98.9 cm³/mol. The summed E-state index contributed by atoms with van der Waals surface area (Å²) in [7, 11) is 0. The SMILES string of the molecule is CCC(C)N(Cc1ccccc1)C(=O)/C=C/c1ccc([N+](=O)[O-])cc1. The number of non-ortho nitro benzene ring substituents is 1. The summed E-state index contributed by atoms with van der Waals surface area (Å²) in [5.74, 6) is -0.0726. The standard InChI is InChI=1S/C20H22N2O3/c1-3-16(2)21(15-18-7-5-4-6-8-18)20(23)14-11-17-9-12-19(13-10-17)22(24)25/h4-14,16H,3,15H2,1-2H3/b14-11+. The molecule has 130 valence electrons. The maximum Gasteiger partial charge on any atom is 0.269 e. The first-order valence-corrected chi connectivity index (χ1v) is 8.28. The van der Waals surface area contributed by atoms with Gasteiger partial charge in [-0.05, 0) is 42.7 Å². The Labute approximate surface area is 147 Å². The van der Waals surface area contributed by atoms with Crippen molar-refractivity contribution in [2.45, 2.75) is 32.9 Å². The first-order valence-electron chi connectivity index (χ1n) is 8.28. The third kappa shape index (κ3) is 5.28. The Morgan fingerprint density at radius 3 is 2.36 bits per heavy atom. The molecule has 1 amide bonds. The van der Waals surface area contributed by atoms with E-state index in [1.54, 1.807) is 18.2 Å². The summed E-state index contributed by atoms with van der Waals surface area (Å²) < 4.78 is 0. The summed E-state index contributed by atoms with van der Waals surface area (Å²) in [4.78, 5) is 24.7. The molecule has 0 aliphatic rings. The largest absolute Gasteiger partial charge is 0.332 e. The van der Waals surface area contributed by atoms with Crippen molar-refractivity contribution in [1.29, 1.82) is 0 Å². The number of rotatable bonds is 7. The van der Waals surface area contributed by atoms with Gasteiger partial charge in [-0.2, -0.15) is 0 Å². The van der Waals surface area contributed by atoms with E-state index < -0.39 is 4.92 Å². The minimum absolute atomic E-state index is 0.0359. The molecule has 0 N–H and O–H groups in total. The number of nitro benzene ring substituents is 1. The molecule has 0 saturated heterocycles. The van der Waals surface area contributed by atoms with Crippen molar-refractivity contribution < 1.29 is 9.72 Å². The van der Waals surface area contributed by atoms with Gasteiger partial charge < -0.3 is 4.90 Å². The highest BCUT2D eigenvalue weighted by molar-refractivity contribution is 5.92. The van der Waals surface area contributed by atoms with Crippen LogP contribution in [0, 0.1) is 10.1 Å². The fourth-order valence-corrected chi connectivity index (χ4v) is 2.42. The van der Waals surface area contributed by atoms with Crippen molar-refractivity contribution in [1.82, 2.24) is 4.90 Å². The van der Waals surface area contributed by atoms with Crippen LogP contribution in [0.25, 0.3) is 6.08 Å². The smallest absolute Gasteiger partial charge is 0.269 e. The van der Waals surface area contributed by atoms with E-state index in [2.05, 4.69) is 6.92 Å². The Balaban J connectivity index is 2.11. The number of benzene rings is 2. The van der Waals surface area contributed by atoms with Gasteiger partial charge in [0.25, 0.3) is 5.69 Å². The molecule has 0 heterocycles. The van der Waals surface area contributed by atoms with Gasteiger partial charge in [-0.3, -0.25) is 14.9 Å². The molecule has 1 atom stereocenters. The molecule has 2 aromatic carbocycles. The van der Waals surface area contributed by atoms with Crippen LogP contribution in [0.15, 0.2) is 60.7 Å². The highest BCUT2D eigenvalue weighted by Crippen LogP contribution is 2.15. The maximum atomic E-state index is 12.6. The zero-order valence-corrected chi connectivity index (χ0v) is 14.5. The normalized spacial score (nSPS) is 12.1. The monoisotopic (exact) mass is 338 g/mol. The van der Waals surface area contributed by atoms with Gasteiger partial charge in [-0.25, -0.2) is 0 Å². The molecule has 25 heavy (non-hydrogen) atoms. The molecular weight excluding hydrogens is 316 g/mol. The van der Waals surface area contributed by atoms with E-state index in [1.807, 2.05) is 42.2 Å². The van der Waals surface area contributed by atoms with Gasteiger partial charge in [0, 0.05) is 30.8 Å². The Morgan fingerprint density at radius 1 is 1.16 bits per heavy atom. The Hall–Kier alpha value is -2.95. The minimum atomic E-state index is -0.441. The Bertz CT molecular complexity index is 739. The lowest BCUT2D eigenvalue weighted by Gasteiger charge is -2.27. The molecular formula is C20H22N2O3. The van der Waals surface area contributed by atoms with Crippen LogP contribution in [0.3, 0.4) is 0 Å². The van der Waals surface area contributed by atoms with Crippen LogP contribution in [0.1, 0.15) is 31.4 Å². The van der Waals surface area contributed by atoms with E-state index in [9.17, 15) is 14.9 Å². The first-order chi connectivity index (χ1) is 12.0. The van der Waals surface area contributed by atoms with E-state index in [4.69, 9.17) is 0 Å². The van der Waals surface area contributed by atoms with Crippen LogP contribution in [0.4, 0.5) is 5.69 Å². The van der Waals surface area contributed by atoms with Crippen LogP contribution in [-0.4, -0.2) is 21.8 Å². The van der Waals surface area contributed by atoms with Crippen molar-refractivity contribution >= 4 is 17.7 Å². The zero-order chi connectivity index (χ0) is 18.2. The first kappa shape index (κ1) is 18.4. The topological polar surface area (TPSA) is 63.5 Å². The maximum absolute atomic E-state index is 12.6. The van der Waals surface area contributed by atoms with E-state index in [0.717, 1.165) is 17.5 Å². The van der Waals surface area contributed by atoms with Crippen LogP contribution >= 0.6 is 0 Å². The molecule has 0 spiro atoms. The lowest BCUT2D eigenvalue weighted by atomic mass is 10.1. The third-order valence-corrected chi connectivity index (χ3v) is 4.12. The van der Waals surface area contributed by atoms with Crippen LogP contribution in [-0.2, 0) is 11.3 Å². The quantitative estimate of drug-likeness (QED) is 0.426. The zero-order valence-electron chi connectivity index (χ0n) is 14.5. The molecule has 0 aromatic heterocycles. The molecule has 1 unspecified atom stereocenters. The number of hydrogen-bond donors (Lipinski definition) is 0. The number of nitro groups is 1. The van der Waals surface area contributed by atoms with Crippen molar-refractivity contribution in [3.8, 4) is 0 Å². The molecule has 0 aliphatic carbocycles. The lowest BCUT2D eigenvalue weighted by Crippen LogP contribution is -2.36. The lowest BCUT2D eigenvalue weighted by molar-refractivity contribution is -0.384. The number of carbonyl (C=O) groups is 1. The second-order valence-electron chi connectivity index (χ2n) is 5.89. The Morgan fingerprint density at radius 2 is 1.80 bits per heavy atom. The molecule has 2 rings (SSSR count). The van der Waals surface area contributed by atoms with Gasteiger partial charge in [0.15, 0.2) is 0 Å². The molecule has 2 aromatic rings. The number of nitrogens with zero attached hydrogens (tertiary/aromatic N) is 2. The second-order valence-corrected chi connectivity index (χ2v) is 5.89. The van der Waals surface area contributed by atoms with Crippen LogP contribution in [0.5, 0.6) is 0 Å². The Kier molecular flexibility index (Phi) is 6.46. The summed E-state index contributed by atoms with van der Waals surface area (Å²) in [5.41, 5.74) is 1.87. The van der Waals surface area contributed by atoms with Crippen molar-refractivity contribution in [2.75, 3.05) is 0 Å². The molecule has 0 bridgehead atoms. The molecule has 5 nitrogen and oxygen atoms in total. The molecule has 5 heteroatoms. The van der Waals surface area contributed by atoms with Gasteiger partial charge in [0.2, 0.25) is 5.91 Å².